The molecule has 0 aliphatic heterocycles. The van der Waals surface area contributed by atoms with Crippen LogP contribution in [0.3, 0.4) is 0 Å². The van der Waals surface area contributed by atoms with E-state index in [9.17, 15) is 25.4 Å². The standard InChI is InChI=1S/C19H24N4O6/c1-11-7-15(20-9-17(25)19(27)18(26)10-24)16(8-12(11)2)22-21-13-3-5-14(6-4-13)23(28)29/h3-8,17-20,24-27H,9-10H2,1-2H3. The lowest BCUT2D eigenvalue weighted by Gasteiger charge is -2.22. The summed E-state index contributed by atoms with van der Waals surface area (Å²) < 4.78 is 0. The van der Waals surface area contributed by atoms with Crippen molar-refractivity contribution in [2.45, 2.75) is 32.2 Å². The number of non-ortho nitro benzene ring substituents is 1. The number of nitro groups is 1. The molecule has 3 unspecified atom stereocenters. The molecule has 0 bridgehead atoms. The van der Waals surface area contributed by atoms with Gasteiger partial charge in [-0.3, -0.25) is 10.1 Å². The van der Waals surface area contributed by atoms with Gasteiger partial charge in [-0.2, -0.15) is 5.11 Å². The van der Waals surface area contributed by atoms with E-state index >= 15 is 0 Å². The summed E-state index contributed by atoms with van der Waals surface area (Å²) in [5.41, 5.74) is 3.33. The minimum Gasteiger partial charge on any atom is -0.394 e. The maximum Gasteiger partial charge on any atom is 0.269 e. The number of benzene rings is 2. The van der Waals surface area contributed by atoms with Gasteiger partial charge < -0.3 is 25.7 Å². The molecule has 0 spiro atoms. The first-order valence-electron chi connectivity index (χ1n) is 8.89. The van der Waals surface area contributed by atoms with E-state index in [-0.39, 0.29) is 12.2 Å². The third-order valence-corrected chi connectivity index (χ3v) is 4.42. The van der Waals surface area contributed by atoms with Gasteiger partial charge in [-0.25, -0.2) is 0 Å². The fourth-order valence-corrected chi connectivity index (χ4v) is 2.48. The second-order valence-corrected chi connectivity index (χ2v) is 6.62. The van der Waals surface area contributed by atoms with Gasteiger partial charge in [0.25, 0.3) is 5.69 Å². The number of nitro benzene ring substituents is 1. The lowest BCUT2D eigenvalue weighted by Crippen LogP contribution is -2.42. The predicted molar refractivity (Wildman–Crippen MR) is 107 cm³/mol. The molecule has 0 saturated carbocycles. The smallest absolute Gasteiger partial charge is 0.269 e. The topological polar surface area (TPSA) is 161 Å². The van der Waals surface area contributed by atoms with Gasteiger partial charge in [0.2, 0.25) is 0 Å². The molecule has 10 nitrogen and oxygen atoms in total. The Balaban J connectivity index is 2.19. The van der Waals surface area contributed by atoms with Crippen molar-refractivity contribution >= 4 is 22.7 Å². The number of nitrogens with one attached hydrogen (secondary N) is 1. The first kappa shape index (κ1) is 22.4. The lowest BCUT2D eigenvalue weighted by molar-refractivity contribution is -0.384. The van der Waals surface area contributed by atoms with Crippen molar-refractivity contribution in [3.63, 3.8) is 0 Å². The van der Waals surface area contributed by atoms with Crippen LogP contribution in [-0.4, -0.2) is 56.8 Å². The zero-order chi connectivity index (χ0) is 21.6. The number of aliphatic hydroxyl groups excluding tert-OH is 4. The van der Waals surface area contributed by atoms with Crippen LogP contribution in [0.4, 0.5) is 22.7 Å². The van der Waals surface area contributed by atoms with Crippen LogP contribution in [0, 0.1) is 24.0 Å². The van der Waals surface area contributed by atoms with Crippen LogP contribution in [0.2, 0.25) is 0 Å². The van der Waals surface area contributed by atoms with E-state index in [1.807, 2.05) is 13.8 Å². The number of nitrogens with zero attached hydrogens (tertiary/aromatic N) is 3. The number of rotatable bonds is 9. The molecule has 0 radical (unpaired) electrons. The van der Waals surface area contributed by atoms with E-state index in [2.05, 4.69) is 15.5 Å². The monoisotopic (exact) mass is 404 g/mol. The van der Waals surface area contributed by atoms with Gasteiger partial charge in [-0.15, -0.1) is 5.11 Å². The van der Waals surface area contributed by atoms with Crippen LogP contribution in [0.15, 0.2) is 46.6 Å². The van der Waals surface area contributed by atoms with Crippen molar-refractivity contribution in [1.82, 2.24) is 0 Å². The molecule has 0 fully saturated rings. The molecule has 0 heterocycles. The summed E-state index contributed by atoms with van der Waals surface area (Å²) in [6, 6.07) is 9.22. The van der Waals surface area contributed by atoms with Gasteiger partial charge in [0.1, 0.15) is 17.9 Å². The number of hydrogen-bond donors (Lipinski definition) is 5. The fourth-order valence-electron chi connectivity index (χ4n) is 2.48. The maximum absolute atomic E-state index is 10.7. The second kappa shape index (κ2) is 10.0. The normalized spacial score (nSPS) is 14.6. The molecule has 0 aliphatic rings. The van der Waals surface area contributed by atoms with Crippen LogP contribution in [-0.2, 0) is 0 Å². The van der Waals surface area contributed by atoms with Crippen molar-refractivity contribution in [3.8, 4) is 0 Å². The van der Waals surface area contributed by atoms with Gasteiger partial charge in [0.15, 0.2) is 0 Å². The Labute approximate surface area is 167 Å². The van der Waals surface area contributed by atoms with Crippen molar-refractivity contribution < 1.29 is 25.3 Å². The number of hydrogen-bond acceptors (Lipinski definition) is 9. The summed E-state index contributed by atoms with van der Waals surface area (Å²) in [7, 11) is 0. The SMILES string of the molecule is Cc1cc(N=Nc2ccc([N+](=O)[O-])cc2)c(NCC(O)C(O)C(O)CO)cc1C. The average molecular weight is 404 g/mol. The van der Waals surface area contributed by atoms with E-state index in [4.69, 9.17) is 5.11 Å². The van der Waals surface area contributed by atoms with Gasteiger partial charge in [-0.05, 0) is 49.2 Å². The number of anilines is 1. The summed E-state index contributed by atoms with van der Waals surface area (Å²) in [5, 5.41) is 60.0. The van der Waals surface area contributed by atoms with Crippen molar-refractivity contribution in [3.05, 3.63) is 57.6 Å². The minimum atomic E-state index is -1.51. The zero-order valence-electron chi connectivity index (χ0n) is 16.1. The quantitative estimate of drug-likeness (QED) is 0.243. The summed E-state index contributed by atoms with van der Waals surface area (Å²) >= 11 is 0. The largest absolute Gasteiger partial charge is 0.394 e. The van der Waals surface area contributed by atoms with Crippen LogP contribution in [0.1, 0.15) is 11.1 Å². The first-order valence-corrected chi connectivity index (χ1v) is 8.89. The molecule has 0 saturated heterocycles. The highest BCUT2D eigenvalue weighted by atomic mass is 16.6. The Morgan fingerprint density at radius 3 is 2.24 bits per heavy atom. The van der Waals surface area contributed by atoms with Gasteiger partial charge in [-0.1, -0.05) is 0 Å². The Morgan fingerprint density at radius 1 is 1.03 bits per heavy atom. The molecule has 2 aromatic carbocycles. The van der Waals surface area contributed by atoms with E-state index in [0.29, 0.717) is 17.1 Å². The zero-order valence-corrected chi connectivity index (χ0v) is 16.1. The fraction of sp³-hybridized carbons (Fsp3) is 0.368. The first-order chi connectivity index (χ1) is 13.7. The summed E-state index contributed by atoms with van der Waals surface area (Å²) in [4.78, 5) is 10.2. The molecular weight excluding hydrogens is 380 g/mol. The van der Waals surface area contributed by atoms with Crippen LogP contribution in [0.5, 0.6) is 0 Å². The van der Waals surface area contributed by atoms with E-state index in [0.717, 1.165) is 11.1 Å². The van der Waals surface area contributed by atoms with E-state index < -0.39 is 29.8 Å². The Kier molecular flexibility index (Phi) is 7.74. The highest BCUT2D eigenvalue weighted by molar-refractivity contribution is 5.68. The molecule has 3 atom stereocenters. The number of aliphatic hydroxyl groups is 4. The van der Waals surface area contributed by atoms with Gasteiger partial charge in [0, 0.05) is 18.7 Å². The molecular formula is C19H24N4O6. The van der Waals surface area contributed by atoms with Crippen molar-refractivity contribution in [2.75, 3.05) is 18.5 Å². The number of aryl methyl sites for hydroxylation is 2. The van der Waals surface area contributed by atoms with E-state index in [1.165, 1.54) is 24.3 Å². The van der Waals surface area contributed by atoms with Crippen LogP contribution < -0.4 is 5.32 Å². The Bertz CT molecular complexity index is 872. The summed E-state index contributed by atoms with van der Waals surface area (Å²) in [5.74, 6) is 0. The number of azo groups is 1. The molecule has 2 rings (SSSR count). The molecule has 0 aliphatic carbocycles. The maximum atomic E-state index is 10.7. The molecule has 156 valence electrons. The summed E-state index contributed by atoms with van der Waals surface area (Å²) in [6.45, 7) is 3.04. The Hall–Kier alpha value is -2.92. The molecule has 29 heavy (non-hydrogen) atoms. The molecule has 5 N–H and O–H groups in total. The predicted octanol–water partition coefficient (Wildman–Crippen LogP) is 2.11. The Morgan fingerprint density at radius 2 is 1.66 bits per heavy atom. The second-order valence-electron chi connectivity index (χ2n) is 6.62. The van der Waals surface area contributed by atoms with Gasteiger partial charge >= 0.3 is 0 Å². The highest BCUT2D eigenvalue weighted by Crippen LogP contribution is 2.30. The van der Waals surface area contributed by atoms with Crippen LogP contribution in [0.25, 0.3) is 0 Å². The minimum absolute atomic E-state index is 0.0462. The molecule has 0 aromatic heterocycles. The lowest BCUT2D eigenvalue weighted by atomic mass is 10.1. The van der Waals surface area contributed by atoms with Gasteiger partial charge in [0.05, 0.1) is 29.0 Å². The molecule has 0 amide bonds. The third kappa shape index (κ3) is 6.03. The third-order valence-electron chi connectivity index (χ3n) is 4.42. The average Bonchev–Trinajstić information content (AvgIpc) is 2.71. The van der Waals surface area contributed by atoms with Crippen molar-refractivity contribution in [2.24, 2.45) is 10.2 Å². The van der Waals surface area contributed by atoms with E-state index in [1.54, 1.807) is 12.1 Å². The molecule has 2 aromatic rings. The summed E-state index contributed by atoms with van der Waals surface area (Å²) in [6.07, 6.45) is -4.28. The molecule has 10 heteroatoms. The highest BCUT2D eigenvalue weighted by Gasteiger charge is 2.24. The van der Waals surface area contributed by atoms with Crippen molar-refractivity contribution in [1.29, 1.82) is 0 Å². The van der Waals surface area contributed by atoms with Crippen LogP contribution >= 0.6 is 0 Å².